The Bertz CT molecular complexity index is 161. The van der Waals surface area contributed by atoms with Crippen LogP contribution in [0.2, 0.25) is 0 Å². The van der Waals surface area contributed by atoms with Crippen molar-refractivity contribution in [1.82, 2.24) is 0 Å². The maximum Gasteiger partial charge on any atom is 0.309 e. The summed E-state index contributed by atoms with van der Waals surface area (Å²) in [4.78, 5) is 10.9. The largest absolute Gasteiger partial charge is 0.466 e. The molecule has 0 aliphatic carbocycles. The van der Waals surface area contributed by atoms with Gasteiger partial charge in [0.05, 0.1) is 13.0 Å². The molecule has 0 amide bonds. The van der Waals surface area contributed by atoms with Crippen molar-refractivity contribution in [2.75, 3.05) is 6.61 Å². The first-order chi connectivity index (χ1) is 6.20. The smallest absolute Gasteiger partial charge is 0.309 e. The number of hydrogen-bond acceptors (Lipinski definition) is 2. The summed E-state index contributed by atoms with van der Waals surface area (Å²) in [5, 5.41) is 0. The fourth-order valence-corrected chi connectivity index (χ4v) is 0.895. The van der Waals surface area contributed by atoms with Gasteiger partial charge in [-0.15, -0.1) is 0 Å². The van der Waals surface area contributed by atoms with Gasteiger partial charge < -0.3 is 4.74 Å². The van der Waals surface area contributed by atoms with Gasteiger partial charge in [-0.2, -0.15) is 0 Å². The summed E-state index contributed by atoms with van der Waals surface area (Å²) in [5.41, 5.74) is 0. The van der Waals surface area contributed by atoms with E-state index in [1.165, 1.54) is 6.42 Å². The van der Waals surface area contributed by atoms with Crippen LogP contribution in [0.15, 0.2) is 12.2 Å². The predicted molar refractivity (Wildman–Crippen MR) is 54.5 cm³/mol. The molecule has 1 atom stereocenters. The molecular formula is C11H20O2. The monoisotopic (exact) mass is 184 g/mol. The van der Waals surface area contributed by atoms with Crippen LogP contribution in [0.1, 0.15) is 40.0 Å². The zero-order chi connectivity index (χ0) is 10.1. The quantitative estimate of drug-likeness (QED) is 0.468. The van der Waals surface area contributed by atoms with Gasteiger partial charge in [0, 0.05) is 0 Å². The highest BCUT2D eigenvalue weighted by molar-refractivity contribution is 5.71. The molecule has 0 rings (SSSR count). The van der Waals surface area contributed by atoms with Gasteiger partial charge in [-0.05, 0) is 19.3 Å². The van der Waals surface area contributed by atoms with Gasteiger partial charge in [-0.25, -0.2) is 0 Å². The first kappa shape index (κ1) is 12.2. The lowest BCUT2D eigenvalue weighted by Crippen LogP contribution is -2.01. The van der Waals surface area contributed by atoms with Crippen LogP contribution in [0.25, 0.3) is 0 Å². The normalized spacial score (nSPS) is 13.2. The summed E-state index contributed by atoms with van der Waals surface area (Å²) in [6.45, 7) is 6.66. The molecule has 2 nitrogen and oxygen atoms in total. The van der Waals surface area contributed by atoms with Crippen LogP contribution in [0, 0.1) is 5.92 Å². The van der Waals surface area contributed by atoms with Crippen molar-refractivity contribution in [2.24, 2.45) is 5.92 Å². The van der Waals surface area contributed by atoms with E-state index in [2.05, 4.69) is 19.9 Å². The lowest BCUT2D eigenvalue weighted by Gasteiger charge is -2.02. The molecule has 0 heterocycles. The predicted octanol–water partition coefficient (Wildman–Crippen LogP) is 2.93. The molecule has 0 bridgehead atoms. The molecule has 0 aliphatic rings. The Morgan fingerprint density at radius 3 is 2.62 bits per heavy atom. The van der Waals surface area contributed by atoms with Crippen LogP contribution in [-0.4, -0.2) is 12.6 Å². The van der Waals surface area contributed by atoms with Gasteiger partial charge in [-0.3, -0.25) is 4.79 Å². The number of ether oxygens (including phenoxy) is 1. The number of carbonyl (C=O) groups is 1. The van der Waals surface area contributed by atoms with Crippen molar-refractivity contribution in [1.29, 1.82) is 0 Å². The number of carbonyl (C=O) groups excluding carboxylic acids is 1. The van der Waals surface area contributed by atoms with Gasteiger partial charge in [0.2, 0.25) is 0 Å². The number of rotatable bonds is 6. The lowest BCUT2D eigenvalue weighted by molar-refractivity contribution is -0.142. The maximum atomic E-state index is 10.9. The van der Waals surface area contributed by atoms with Crippen LogP contribution < -0.4 is 0 Å². The molecule has 0 radical (unpaired) electrons. The second-order valence-electron chi connectivity index (χ2n) is 3.23. The number of esters is 1. The molecule has 0 aromatic heterocycles. The SMILES string of the molecule is CCOC(=O)C/C=C/CC(C)CC. The van der Waals surface area contributed by atoms with E-state index in [0.29, 0.717) is 18.9 Å². The summed E-state index contributed by atoms with van der Waals surface area (Å²) >= 11 is 0. The van der Waals surface area contributed by atoms with E-state index in [1.807, 2.05) is 13.0 Å². The van der Waals surface area contributed by atoms with E-state index in [4.69, 9.17) is 4.74 Å². The van der Waals surface area contributed by atoms with Gasteiger partial charge in [-0.1, -0.05) is 32.4 Å². The highest BCUT2D eigenvalue weighted by Crippen LogP contribution is 2.06. The third-order valence-electron chi connectivity index (χ3n) is 1.99. The highest BCUT2D eigenvalue weighted by atomic mass is 16.5. The van der Waals surface area contributed by atoms with Crippen molar-refractivity contribution in [3.05, 3.63) is 12.2 Å². The van der Waals surface area contributed by atoms with Crippen molar-refractivity contribution in [3.63, 3.8) is 0 Å². The summed E-state index contributed by atoms with van der Waals surface area (Å²) in [6.07, 6.45) is 6.60. The molecule has 0 fully saturated rings. The molecule has 1 unspecified atom stereocenters. The Labute approximate surface area is 81.0 Å². The van der Waals surface area contributed by atoms with E-state index in [9.17, 15) is 4.79 Å². The molecular weight excluding hydrogens is 164 g/mol. The third kappa shape index (κ3) is 7.57. The summed E-state index contributed by atoms with van der Waals surface area (Å²) in [6, 6.07) is 0. The average molecular weight is 184 g/mol. The maximum absolute atomic E-state index is 10.9. The second-order valence-corrected chi connectivity index (χ2v) is 3.23. The van der Waals surface area contributed by atoms with Crippen LogP contribution >= 0.6 is 0 Å². The Morgan fingerprint density at radius 1 is 1.38 bits per heavy atom. The minimum absolute atomic E-state index is 0.136. The third-order valence-corrected chi connectivity index (χ3v) is 1.99. The van der Waals surface area contributed by atoms with Crippen LogP contribution in [0.4, 0.5) is 0 Å². The molecule has 0 saturated heterocycles. The molecule has 13 heavy (non-hydrogen) atoms. The minimum Gasteiger partial charge on any atom is -0.466 e. The van der Waals surface area contributed by atoms with Gasteiger partial charge in [0.25, 0.3) is 0 Å². The Hall–Kier alpha value is -0.790. The molecule has 2 heteroatoms. The van der Waals surface area contributed by atoms with Crippen molar-refractivity contribution in [2.45, 2.75) is 40.0 Å². The summed E-state index contributed by atoms with van der Waals surface area (Å²) in [5.74, 6) is 0.571. The van der Waals surface area contributed by atoms with Gasteiger partial charge in [0.15, 0.2) is 0 Å². The van der Waals surface area contributed by atoms with E-state index < -0.39 is 0 Å². The molecule has 76 valence electrons. The molecule has 0 N–H and O–H groups in total. The van der Waals surface area contributed by atoms with Gasteiger partial charge in [0.1, 0.15) is 0 Å². The lowest BCUT2D eigenvalue weighted by atomic mass is 10.1. The molecule has 0 saturated carbocycles. The average Bonchev–Trinajstić information content (AvgIpc) is 2.12. The summed E-state index contributed by atoms with van der Waals surface area (Å²) in [7, 11) is 0. The Balaban J connectivity index is 3.45. The number of allylic oxidation sites excluding steroid dienone is 1. The molecule has 0 spiro atoms. The standard InChI is InChI=1S/C11H20O2/c1-4-10(3)8-6-7-9-11(12)13-5-2/h6-7,10H,4-5,8-9H2,1-3H3/b7-6+. The topological polar surface area (TPSA) is 26.3 Å². The van der Waals surface area contributed by atoms with Crippen LogP contribution in [0.5, 0.6) is 0 Å². The van der Waals surface area contributed by atoms with E-state index in [1.54, 1.807) is 0 Å². The fourth-order valence-electron chi connectivity index (χ4n) is 0.895. The van der Waals surface area contributed by atoms with Crippen molar-refractivity contribution >= 4 is 5.97 Å². The zero-order valence-electron chi connectivity index (χ0n) is 8.88. The second kappa shape index (κ2) is 7.84. The first-order valence-corrected chi connectivity index (χ1v) is 5.01. The zero-order valence-corrected chi connectivity index (χ0v) is 8.88. The van der Waals surface area contributed by atoms with Crippen molar-refractivity contribution in [3.8, 4) is 0 Å². The first-order valence-electron chi connectivity index (χ1n) is 5.01. The van der Waals surface area contributed by atoms with E-state index in [0.717, 1.165) is 6.42 Å². The molecule has 0 aromatic carbocycles. The molecule has 0 aromatic rings. The Morgan fingerprint density at radius 2 is 2.08 bits per heavy atom. The minimum atomic E-state index is -0.136. The van der Waals surface area contributed by atoms with E-state index >= 15 is 0 Å². The van der Waals surface area contributed by atoms with Crippen LogP contribution in [0.3, 0.4) is 0 Å². The van der Waals surface area contributed by atoms with Crippen molar-refractivity contribution < 1.29 is 9.53 Å². The summed E-state index contributed by atoms with van der Waals surface area (Å²) < 4.78 is 4.79. The van der Waals surface area contributed by atoms with E-state index in [-0.39, 0.29) is 5.97 Å². The highest BCUT2D eigenvalue weighted by Gasteiger charge is 1.97. The number of hydrogen-bond donors (Lipinski definition) is 0. The fraction of sp³-hybridized carbons (Fsp3) is 0.727. The molecule has 0 aliphatic heterocycles. The van der Waals surface area contributed by atoms with Crippen LogP contribution in [-0.2, 0) is 9.53 Å². The Kier molecular flexibility index (Phi) is 7.36. The van der Waals surface area contributed by atoms with Gasteiger partial charge >= 0.3 is 5.97 Å².